The molecule has 2 aromatic rings. The van der Waals surface area contributed by atoms with Crippen LogP contribution in [0.4, 0.5) is 4.79 Å². The van der Waals surface area contributed by atoms with Gasteiger partial charge in [-0.1, -0.05) is 11.8 Å². The summed E-state index contributed by atoms with van der Waals surface area (Å²) in [5.74, 6) is 0.957. The number of hydrogen-bond acceptors (Lipinski definition) is 7. The Hall–Kier alpha value is -2.59. The van der Waals surface area contributed by atoms with E-state index in [4.69, 9.17) is 15.2 Å². The van der Waals surface area contributed by atoms with Gasteiger partial charge in [-0.2, -0.15) is 0 Å². The van der Waals surface area contributed by atoms with Crippen molar-refractivity contribution in [3.05, 3.63) is 24.3 Å². The molecule has 1 aromatic heterocycles. The second-order valence-electron chi connectivity index (χ2n) is 6.39. The van der Waals surface area contributed by atoms with E-state index in [1.807, 2.05) is 28.8 Å². The minimum Gasteiger partial charge on any atom is -0.497 e. The van der Waals surface area contributed by atoms with Crippen LogP contribution in [0.5, 0.6) is 5.75 Å². The number of nitrogens with two attached hydrogens (primary N) is 1. The predicted molar refractivity (Wildman–Crippen MR) is 104 cm³/mol. The molecule has 3 rings (SSSR count). The highest BCUT2D eigenvalue weighted by Gasteiger charge is 2.25. The quantitative estimate of drug-likeness (QED) is 0.674. The first-order valence-corrected chi connectivity index (χ1v) is 9.82. The Morgan fingerprint density at radius 2 is 2.14 bits per heavy atom. The molecular weight excluding hydrogens is 382 g/mol. The number of aromatic nitrogens is 3. The van der Waals surface area contributed by atoms with Crippen molar-refractivity contribution in [2.75, 3.05) is 13.7 Å². The molecule has 0 aliphatic carbocycles. The first-order valence-electron chi connectivity index (χ1n) is 8.94. The summed E-state index contributed by atoms with van der Waals surface area (Å²) < 4.78 is 12.9. The van der Waals surface area contributed by atoms with Gasteiger partial charge in [-0.15, -0.1) is 10.2 Å². The molecule has 0 radical (unpaired) electrons. The van der Waals surface area contributed by atoms with Crippen molar-refractivity contribution in [3.63, 3.8) is 0 Å². The number of nitrogens with zero attached hydrogens (tertiary/aromatic N) is 3. The van der Waals surface area contributed by atoms with Crippen LogP contribution in [-0.4, -0.2) is 51.8 Å². The van der Waals surface area contributed by atoms with Gasteiger partial charge < -0.3 is 15.2 Å². The second-order valence-corrected chi connectivity index (χ2v) is 7.70. The second kappa shape index (κ2) is 9.07. The maximum atomic E-state index is 12.0. The van der Waals surface area contributed by atoms with Crippen LogP contribution in [0.25, 0.3) is 11.4 Å². The lowest BCUT2D eigenvalue weighted by atomic mass is 10.2. The maximum absolute atomic E-state index is 12.0. The van der Waals surface area contributed by atoms with Gasteiger partial charge in [0, 0.05) is 12.2 Å². The molecule has 0 spiro atoms. The highest BCUT2D eigenvalue weighted by molar-refractivity contribution is 8.00. The molecule has 3 amide bonds. The van der Waals surface area contributed by atoms with E-state index in [1.54, 1.807) is 14.0 Å². The van der Waals surface area contributed by atoms with Crippen molar-refractivity contribution in [2.45, 2.75) is 42.8 Å². The van der Waals surface area contributed by atoms with E-state index in [0.717, 1.165) is 30.8 Å². The molecule has 1 aromatic carbocycles. The molecule has 1 fully saturated rings. The van der Waals surface area contributed by atoms with Crippen molar-refractivity contribution >= 4 is 23.7 Å². The van der Waals surface area contributed by atoms with E-state index in [0.29, 0.717) is 17.5 Å². The van der Waals surface area contributed by atoms with Crippen LogP contribution >= 0.6 is 11.8 Å². The third kappa shape index (κ3) is 4.82. The largest absolute Gasteiger partial charge is 0.497 e. The summed E-state index contributed by atoms with van der Waals surface area (Å²) in [7, 11) is 1.61. The van der Waals surface area contributed by atoms with Gasteiger partial charge >= 0.3 is 6.03 Å². The Labute approximate surface area is 167 Å². The van der Waals surface area contributed by atoms with Gasteiger partial charge in [0.1, 0.15) is 5.75 Å². The van der Waals surface area contributed by atoms with Crippen LogP contribution in [0.3, 0.4) is 0 Å². The zero-order valence-corrected chi connectivity index (χ0v) is 16.6. The Bertz CT molecular complexity index is 833. The zero-order valence-electron chi connectivity index (χ0n) is 15.8. The molecule has 150 valence electrons. The lowest BCUT2D eigenvalue weighted by molar-refractivity contribution is -0.119. The Kier molecular flexibility index (Phi) is 6.53. The van der Waals surface area contributed by atoms with Gasteiger partial charge in [-0.05, 0) is 44.0 Å². The van der Waals surface area contributed by atoms with Crippen molar-refractivity contribution in [2.24, 2.45) is 5.73 Å². The standard InChI is InChI=1S/C18H23N5O4S/c1-11(16(24)20-17(19)25)28-18-22-21-15(12-5-7-13(26-2)8-6-12)23(18)10-14-4-3-9-27-14/h5-8,11,14H,3-4,9-10H2,1-2H3,(H3,19,20,24,25). The lowest BCUT2D eigenvalue weighted by Crippen LogP contribution is -2.39. The number of methoxy groups -OCH3 is 1. The molecule has 10 heteroatoms. The SMILES string of the molecule is COc1ccc(-c2nnc(SC(C)C(=O)NC(N)=O)n2CC2CCCO2)cc1. The Balaban J connectivity index is 1.87. The smallest absolute Gasteiger partial charge is 0.318 e. The fraction of sp³-hybridized carbons (Fsp3) is 0.444. The summed E-state index contributed by atoms with van der Waals surface area (Å²) in [6.45, 7) is 3.01. The number of urea groups is 1. The average molecular weight is 405 g/mol. The zero-order chi connectivity index (χ0) is 20.1. The molecule has 1 saturated heterocycles. The Morgan fingerprint density at radius 3 is 2.75 bits per heavy atom. The number of benzene rings is 1. The van der Waals surface area contributed by atoms with Crippen molar-refractivity contribution in [3.8, 4) is 17.1 Å². The Morgan fingerprint density at radius 1 is 1.39 bits per heavy atom. The molecule has 0 saturated carbocycles. The molecule has 1 aliphatic heterocycles. The molecule has 2 atom stereocenters. The fourth-order valence-electron chi connectivity index (χ4n) is 2.92. The van der Waals surface area contributed by atoms with E-state index in [9.17, 15) is 9.59 Å². The molecule has 2 unspecified atom stereocenters. The van der Waals surface area contributed by atoms with Gasteiger partial charge in [0.2, 0.25) is 5.91 Å². The third-order valence-electron chi connectivity index (χ3n) is 4.37. The van der Waals surface area contributed by atoms with Crippen molar-refractivity contribution in [1.82, 2.24) is 20.1 Å². The highest BCUT2D eigenvalue weighted by atomic mass is 32.2. The van der Waals surface area contributed by atoms with E-state index in [1.165, 1.54) is 11.8 Å². The van der Waals surface area contributed by atoms with Gasteiger partial charge in [-0.25, -0.2) is 4.79 Å². The minimum absolute atomic E-state index is 0.0714. The third-order valence-corrected chi connectivity index (χ3v) is 5.45. The number of hydrogen-bond donors (Lipinski definition) is 2. The number of rotatable bonds is 7. The van der Waals surface area contributed by atoms with Crippen LogP contribution in [0.2, 0.25) is 0 Å². The highest BCUT2D eigenvalue weighted by Crippen LogP contribution is 2.29. The number of carbonyl (C=O) groups is 2. The number of nitrogens with one attached hydrogen (secondary N) is 1. The van der Waals surface area contributed by atoms with E-state index in [-0.39, 0.29) is 6.10 Å². The number of carbonyl (C=O) groups excluding carboxylic acids is 2. The number of thioether (sulfide) groups is 1. The predicted octanol–water partition coefficient (Wildman–Crippen LogP) is 1.81. The summed E-state index contributed by atoms with van der Waals surface area (Å²) in [4.78, 5) is 23.0. The van der Waals surface area contributed by atoms with Gasteiger partial charge in [0.15, 0.2) is 11.0 Å². The molecule has 3 N–H and O–H groups in total. The van der Waals surface area contributed by atoms with E-state index < -0.39 is 17.2 Å². The number of imide groups is 1. The molecule has 28 heavy (non-hydrogen) atoms. The van der Waals surface area contributed by atoms with Crippen molar-refractivity contribution in [1.29, 1.82) is 0 Å². The van der Waals surface area contributed by atoms with E-state index >= 15 is 0 Å². The van der Waals surface area contributed by atoms with Gasteiger partial charge in [0.25, 0.3) is 0 Å². The first-order chi connectivity index (χ1) is 13.5. The van der Waals surface area contributed by atoms with E-state index in [2.05, 4.69) is 15.5 Å². The monoisotopic (exact) mass is 405 g/mol. The normalized spacial score (nSPS) is 17.3. The average Bonchev–Trinajstić information content (AvgIpc) is 3.32. The summed E-state index contributed by atoms with van der Waals surface area (Å²) in [5, 5.41) is 10.7. The van der Waals surface area contributed by atoms with Gasteiger partial charge in [-0.3, -0.25) is 14.7 Å². The molecule has 2 heterocycles. The topological polar surface area (TPSA) is 121 Å². The van der Waals surface area contributed by atoms with Crippen LogP contribution in [0.1, 0.15) is 19.8 Å². The molecule has 9 nitrogen and oxygen atoms in total. The number of ether oxygens (including phenoxy) is 2. The minimum atomic E-state index is -0.878. The summed E-state index contributed by atoms with van der Waals surface area (Å²) in [6, 6.07) is 6.66. The molecular formula is C18H23N5O4S. The van der Waals surface area contributed by atoms with Crippen LogP contribution in [0.15, 0.2) is 29.4 Å². The van der Waals surface area contributed by atoms with Crippen molar-refractivity contribution < 1.29 is 19.1 Å². The fourth-order valence-corrected chi connectivity index (χ4v) is 3.78. The lowest BCUT2D eigenvalue weighted by Gasteiger charge is -2.16. The number of amides is 3. The van der Waals surface area contributed by atoms with Gasteiger partial charge in [0.05, 0.1) is 25.0 Å². The summed E-state index contributed by atoms with van der Waals surface area (Å²) in [5.41, 5.74) is 5.91. The first kappa shape index (κ1) is 20.2. The van der Waals surface area contributed by atoms with Crippen LogP contribution in [-0.2, 0) is 16.1 Å². The molecule has 1 aliphatic rings. The maximum Gasteiger partial charge on any atom is 0.318 e. The van der Waals surface area contributed by atoms with Crippen LogP contribution in [0, 0.1) is 0 Å². The summed E-state index contributed by atoms with van der Waals surface area (Å²) >= 11 is 1.22. The number of primary amides is 1. The molecule has 0 bridgehead atoms. The summed E-state index contributed by atoms with van der Waals surface area (Å²) in [6.07, 6.45) is 2.05. The van der Waals surface area contributed by atoms with Crippen LogP contribution < -0.4 is 15.8 Å².